The van der Waals surface area contributed by atoms with Gasteiger partial charge in [-0.25, -0.2) is 9.99 Å². The van der Waals surface area contributed by atoms with Crippen molar-refractivity contribution in [1.82, 2.24) is 4.98 Å². The molecule has 0 aliphatic heterocycles. The van der Waals surface area contributed by atoms with E-state index in [4.69, 9.17) is 16.3 Å². The highest BCUT2D eigenvalue weighted by molar-refractivity contribution is 7.14. The number of rotatable bonds is 7. The van der Waals surface area contributed by atoms with E-state index in [1.165, 1.54) is 17.8 Å². The van der Waals surface area contributed by atoms with Gasteiger partial charge < -0.3 is 9.84 Å². The first-order valence-corrected chi connectivity index (χ1v) is 11.8. The van der Waals surface area contributed by atoms with E-state index in [0.29, 0.717) is 5.02 Å². The van der Waals surface area contributed by atoms with Gasteiger partial charge in [-0.3, -0.25) is 0 Å². The fourth-order valence-electron chi connectivity index (χ4n) is 3.71. The molecule has 2 aromatic carbocycles. The van der Waals surface area contributed by atoms with Gasteiger partial charge in [-0.2, -0.15) is 5.10 Å². The summed E-state index contributed by atoms with van der Waals surface area (Å²) < 4.78 is 5.93. The highest BCUT2D eigenvalue weighted by Crippen LogP contribution is 2.31. The van der Waals surface area contributed by atoms with Crippen LogP contribution in [0.4, 0.5) is 5.13 Å². The molecular formula is C24H26ClN3O2S. The van der Waals surface area contributed by atoms with Crippen LogP contribution >= 0.6 is 22.9 Å². The Morgan fingerprint density at radius 2 is 1.90 bits per heavy atom. The molecule has 1 saturated carbocycles. The predicted molar refractivity (Wildman–Crippen MR) is 128 cm³/mol. The fraction of sp³-hybridized carbons (Fsp3) is 0.333. The van der Waals surface area contributed by atoms with E-state index in [-0.39, 0.29) is 6.10 Å². The van der Waals surface area contributed by atoms with Gasteiger partial charge in [0.1, 0.15) is 0 Å². The number of ether oxygens (including phenoxy) is 1. The molecule has 7 heteroatoms. The number of anilines is 1. The highest BCUT2D eigenvalue weighted by atomic mass is 35.5. The number of aliphatic hydroxyl groups excluding tert-OH is 1. The molecule has 0 amide bonds. The maximum Gasteiger partial charge on any atom is 0.206 e. The van der Waals surface area contributed by atoms with Gasteiger partial charge in [0, 0.05) is 34.1 Å². The topological polar surface area (TPSA) is 58.0 Å². The zero-order valence-corrected chi connectivity index (χ0v) is 19.0. The Labute approximate surface area is 192 Å². The summed E-state index contributed by atoms with van der Waals surface area (Å²) in [5.41, 5.74) is 3.27. The molecule has 1 aromatic heterocycles. The molecule has 1 N–H and O–H groups in total. The van der Waals surface area contributed by atoms with E-state index < -0.39 is 6.29 Å². The third-order valence-electron chi connectivity index (χ3n) is 5.42. The first-order valence-electron chi connectivity index (χ1n) is 10.5. The first kappa shape index (κ1) is 22.0. The van der Waals surface area contributed by atoms with Crippen LogP contribution in [0, 0.1) is 0 Å². The molecule has 0 radical (unpaired) electrons. The molecule has 0 spiro atoms. The van der Waals surface area contributed by atoms with Crippen molar-refractivity contribution in [3.63, 3.8) is 0 Å². The lowest BCUT2D eigenvalue weighted by Gasteiger charge is -2.25. The second-order valence-electron chi connectivity index (χ2n) is 7.64. The molecule has 5 nitrogen and oxygen atoms in total. The van der Waals surface area contributed by atoms with Gasteiger partial charge in [-0.05, 0) is 18.9 Å². The molecule has 1 heterocycles. The lowest BCUT2D eigenvalue weighted by molar-refractivity contribution is -0.147. The number of thiazole rings is 1. The van der Waals surface area contributed by atoms with E-state index >= 15 is 0 Å². The zero-order chi connectivity index (χ0) is 21.6. The van der Waals surface area contributed by atoms with Gasteiger partial charge in [0.15, 0.2) is 6.29 Å². The molecule has 1 atom stereocenters. The molecule has 1 aliphatic carbocycles. The number of hydrogen-bond donors (Lipinski definition) is 1. The van der Waals surface area contributed by atoms with Crippen LogP contribution in [0.5, 0.6) is 0 Å². The molecule has 0 saturated heterocycles. The van der Waals surface area contributed by atoms with Crippen molar-refractivity contribution < 1.29 is 9.84 Å². The van der Waals surface area contributed by atoms with Crippen molar-refractivity contribution >= 4 is 34.3 Å². The molecule has 31 heavy (non-hydrogen) atoms. The van der Waals surface area contributed by atoms with Crippen LogP contribution < -0.4 is 5.01 Å². The van der Waals surface area contributed by atoms with E-state index in [9.17, 15) is 5.11 Å². The number of aromatic nitrogens is 1. The lowest BCUT2D eigenvalue weighted by Crippen LogP contribution is -2.20. The van der Waals surface area contributed by atoms with Gasteiger partial charge in [0.2, 0.25) is 5.13 Å². The summed E-state index contributed by atoms with van der Waals surface area (Å²) in [5.74, 6) is 0. The molecular weight excluding hydrogens is 430 g/mol. The van der Waals surface area contributed by atoms with Gasteiger partial charge in [0.25, 0.3) is 0 Å². The standard InChI is InChI=1S/C24H26ClN3O2S/c1-28(24-27-22(16-31-24)20-13-7-8-14-21(20)25)26-15-17-9-5-6-12-19(17)23(29)30-18-10-3-2-4-11-18/h5-9,12-16,18,23,29H,2-4,10-11H2,1H3/b26-15+. The second-order valence-corrected chi connectivity index (χ2v) is 8.88. The number of aliphatic hydroxyl groups is 1. The van der Waals surface area contributed by atoms with Crippen molar-refractivity contribution in [3.8, 4) is 11.3 Å². The third-order valence-corrected chi connectivity index (χ3v) is 6.66. The summed E-state index contributed by atoms with van der Waals surface area (Å²) in [6.07, 6.45) is 6.49. The predicted octanol–water partition coefficient (Wildman–Crippen LogP) is 6.27. The van der Waals surface area contributed by atoms with Crippen LogP contribution in [0.2, 0.25) is 5.02 Å². The van der Waals surface area contributed by atoms with Gasteiger partial charge in [-0.1, -0.05) is 73.3 Å². The van der Waals surface area contributed by atoms with Crippen molar-refractivity contribution in [2.75, 3.05) is 12.1 Å². The minimum absolute atomic E-state index is 0.120. The Morgan fingerprint density at radius 3 is 2.71 bits per heavy atom. The minimum atomic E-state index is -0.956. The van der Waals surface area contributed by atoms with Gasteiger partial charge in [0.05, 0.1) is 18.0 Å². The summed E-state index contributed by atoms with van der Waals surface area (Å²) in [7, 11) is 1.85. The average Bonchev–Trinajstić information content (AvgIpc) is 3.29. The van der Waals surface area contributed by atoms with Crippen molar-refractivity contribution in [2.45, 2.75) is 44.5 Å². The summed E-state index contributed by atoms with van der Waals surface area (Å²) in [6.45, 7) is 0. The van der Waals surface area contributed by atoms with E-state index in [0.717, 1.165) is 53.2 Å². The molecule has 162 valence electrons. The van der Waals surface area contributed by atoms with E-state index in [1.807, 2.05) is 61.0 Å². The Kier molecular flexibility index (Phi) is 7.35. The number of benzene rings is 2. The van der Waals surface area contributed by atoms with Crippen LogP contribution in [-0.2, 0) is 4.74 Å². The minimum Gasteiger partial charge on any atom is -0.364 e. The number of hydrogen-bond acceptors (Lipinski definition) is 6. The quantitative estimate of drug-likeness (QED) is 0.259. The zero-order valence-electron chi connectivity index (χ0n) is 17.4. The van der Waals surface area contributed by atoms with Crippen LogP contribution in [0.3, 0.4) is 0 Å². The van der Waals surface area contributed by atoms with Crippen molar-refractivity contribution in [2.24, 2.45) is 5.10 Å². The van der Waals surface area contributed by atoms with Crippen molar-refractivity contribution in [3.05, 3.63) is 70.1 Å². The van der Waals surface area contributed by atoms with Crippen LogP contribution in [0.15, 0.2) is 59.0 Å². The average molecular weight is 456 g/mol. The summed E-state index contributed by atoms with van der Waals surface area (Å²) in [4.78, 5) is 4.66. The fourth-order valence-corrected chi connectivity index (χ4v) is 4.69. The smallest absolute Gasteiger partial charge is 0.206 e. The highest BCUT2D eigenvalue weighted by Gasteiger charge is 2.20. The monoisotopic (exact) mass is 455 g/mol. The summed E-state index contributed by atoms with van der Waals surface area (Å²) in [6, 6.07) is 15.3. The van der Waals surface area contributed by atoms with Crippen molar-refractivity contribution in [1.29, 1.82) is 0 Å². The first-order chi connectivity index (χ1) is 15.1. The Morgan fingerprint density at radius 1 is 1.16 bits per heavy atom. The summed E-state index contributed by atoms with van der Waals surface area (Å²) in [5, 5.41) is 20.3. The van der Waals surface area contributed by atoms with Crippen LogP contribution in [0.25, 0.3) is 11.3 Å². The number of hydrazone groups is 1. The van der Waals surface area contributed by atoms with E-state index in [1.54, 1.807) is 11.2 Å². The SMILES string of the molecule is CN(/N=C/c1ccccc1C(O)OC1CCCCC1)c1nc(-c2ccccc2Cl)cs1. The lowest BCUT2D eigenvalue weighted by atomic mass is 9.97. The Balaban J connectivity index is 1.47. The number of halogens is 1. The normalized spacial score (nSPS) is 16.0. The maximum absolute atomic E-state index is 10.7. The maximum atomic E-state index is 10.7. The molecule has 3 aromatic rings. The number of nitrogens with zero attached hydrogens (tertiary/aromatic N) is 3. The van der Waals surface area contributed by atoms with Gasteiger partial charge >= 0.3 is 0 Å². The van der Waals surface area contributed by atoms with E-state index in [2.05, 4.69) is 10.1 Å². The third kappa shape index (κ3) is 5.52. The summed E-state index contributed by atoms with van der Waals surface area (Å²) >= 11 is 7.79. The molecule has 0 bridgehead atoms. The molecule has 4 rings (SSSR count). The molecule has 1 fully saturated rings. The largest absolute Gasteiger partial charge is 0.364 e. The second kappa shape index (κ2) is 10.4. The Bertz CT molecular complexity index is 1030. The van der Waals surface area contributed by atoms with Crippen LogP contribution in [-0.4, -0.2) is 29.5 Å². The van der Waals surface area contributed by atoms with Crippen LogP contribution in [0.1, 0.15) is 49.5 Å². The van der Waals surface area contributed by atoms with Gasteiger partial charge in [-0.15, -0.1) is 11.3 Å². The molecule has 1 unspecified atom stereocenters. The molecule has 1 aliphatic rings. The Hall–Kier alpha value is -2.25.